The second kappa shape index (κ2) is 8.56. The third kappa shape index (κ3) is 4.14. The fraction of sp³-hybridized carbons (Fsp3) is 0.100. The summed E-state index contributed by atoms with van der Waals surface area (Å²) in [5.41, 5.74) is 1.34. The van der Waals surface area contributed by atoms with E-state index in [-0.39, 0.29) is 17.4 Å². The summed E-state index contributed by atoms with van der Waals surface area (Å²) in [4.78, 5) is 31.7. The van der Waals surface area contributed by atoms with Gasteiger partial charge in [0.05, 0.1) is 21.9 Å². The molecule has 0 bridgehead atoms. The van der Waals surface area contributed by atoms with Gasteiger partial charge in [-0.05, 0) is 30.3 Å². The molecule has 2 aromatic carbocycles. The largest absolute Gasteiger partial charge is 0.354 e. The molecular weight excluding hydrogens is 427 g/mol. The molecule has 0 aliphatic heterocycles. The van der Waals surface area contributed by atoms with Crippen LogP contribution in [0.5, 0.6) is 0 Å². The molecular formula is C20H16Cl2N6O2. The molecule has 2 heterocycles. The van der Waals surface area contributed by atoms with Crippen molar-refractivity contribution in [2.75, 3.05) is 18.4 Å². The molecule has 0 saturated carbocycles. The zero-order chi connectivity index (χ0) is 21.1. The van der Waals surface area contributed by atoms with E-state index >= 15 is 0 Å². The lowest BCUT2D eigenvalue weighted by Crippen LogP contribution is -2.29. The number of hydrogen-bond acceptors (Lipinski definition) is 5. The number of nitrogens with zero attached hydrogens (tertiary/aromatic N) is 3. The summed E-state index contributed by atoms with van der Waals surface area (Å²) in [7, 11) is 0. The maximum Gasteiger partial charge on any atom is 0.263 e. The Kier molecular flexibility index (Phi) is 5.69. The number of H-pyrrole nitrogens is 1. The van der Waals surface area contributed by atoms with Gasteiger partial charge in [0, 0.05) is 18.7 Å². The summed E-state index contributed by atoms with van der Waals surface area (Å²) in [6, 6.07) is 14.1. The van der Waals surface area contributed by atoms with Crippen LogP contribution in [0, 0.1) is 0 Å². The number of para-hydroxylation sites is 1. The summed E-state index contributed by atoms with van der Waals surface area (Å²) in [6.07, 6.45) is 1.48. The minimum Gasteiger partial charge on any atom is -0.354 e. The molecule has 0 spiro atoms. The first-order chi connectivity index (χ1) is 14.5. The van der Waals surface area contributed by atoms with Gasteiger partial charge in [-0.25, -0.2) is 4.68 Å². The number of carbonyl (C=O) groups is 1. The van der Waals surface area contributed by atoms with Crippen LogP contribution in [0.3, 0.4) is 0 Å². The molecule has 4 aromatic rings. The number of aromatic amines is 1. The molecule has 0 saturated heterocycles. The van der Waals surface area contributed by atoms with Crippen LogP contribution in [0.15, 0.2) is 59.5 Å². The topological polar surface area (TPSA) is 105 Å². The van der Waals surface area contributed by atoms with Crippen molar-refractivity contribution in [3.63, 3.8) is 0 Å². The van der Waals surface area contributed by atoms with E-state index in [1.807, 2.05) is 30.3 Å². The Bertz CT molecular complexity index is 1270. The third-order valence-corrected chi connectivity index (χ3v) is 5.06. The maximum atomic E-state index is 12.3. The fourth-order valence-electron chi connectivity index (χ4n) is 2.86. The molecule has 0 fully saturated rings. The molecule has 8 nitrogen and oxygen atoms in total. The van der Waals surface area contributed by atoms with Crippen molar-refractivity contribution < 1.29 is 4.79 Å². The van der Waals surface area contributed by atoms with Crippen molar-refractivity contribution in [2.24, 2.45) is 0 Å². The van der Waals surface area contributed by atoms with Gasteiger partial charge in [0.25, 0.3) is 11.5 Å². The van der Waals surface area contributed by atoms with Crippen LogP contribution in [-0.4, -0.2) is 38.7 Å². The molecule has 0 aliphatic rings. The van der Waals surface area contributed by atoms with Crippen LogP contribution in [0.1, 0.15) is 10.4 Å². The molecule has 1 amide bonds. The number of aromatic nitrogens is 4. The van der Waals surface area contributed by atoms with E-state index in [1.165, 1.54) is 12.3 Å². The molecule has 0 unspecified atom stereocenters. The van der Waals surface area contributed by atoms with E-state index in [1.54, 1.807) is 16.8 Å². The Balaban J connectivity index is 1.43. The van der Waals surface area contributed by atoms with Gasteiger partial charge in [0.1, 0.15) is 5.39 Å². The number of hydrogen-bond donors (Lipinski definition) is 3. The van der Waals surface area contributed by atoms with Crippen molar-refractivity contribution in [1.82, 2.24) is 25.1 Å². The normalized spacial score (nSPS) is 10.9. The average molecular weight is 443 g/mol. The lowest BCUT2D eigenvalue weighted by Gasteiger charge is -2.08. The van der Waals surface area contributed by atoms with Gasteiger partial charge < -0.3 is 10.6 Å². The van der Waals surface area contributed by atoms with Crippen LogP contribution in [-0.2, 0) is 0 Å². The fourth-order valence-corrected chi connectivity index (χ4v) is 3.15. The van der Waals surface area contributed by atoms with Gasteiger partial charge in [-0.1, -0.05) is 41.4 Å². The van der Waals surface area contributed by atoms with Crippen LogP contribution >= 0.6 is 23.2 Å². The number of rotatable bonds is 6. The van der Waals surface area contributed by atoms with Crippen molar-refractivity contribution >= 4 is 46.1 Å². The van der Waals surface area contributed by atoms with Crippen molar-refractivity contribution in [3.05, 3.63) is 80.7 Å². The first kappa shape index (κ1) is 19.9. The van der Waals surface area contributed by atoms with Gasteiger partial charge in [-0.3, -0.25) is 14.6 Å². The van der Waals surface area contributed by atoms with E-state index in [9.17, 15) is 9.59 Å². The van der Waals surface area contributed by atoms with Gasteiger partial charge in [-0.15, -0.1) is 0 Å². The molecule has 0 aliphatic carbocycles. The lowest BCUT2D eigenvalue weighted by atomic mass is 10.2. The predicted octanol–water partition coefficient (Wildman–Crippen LogP) is 3.26. The predicted molar refractivity (Wildman–Crippen MR) is 117 cm³/mol. The van der Waals surface area contributed by atoms with Crippen molar-refractivity contribution in [3.8, 4) is 5.69 Å². The molecule has 0 radical (unpaired) electrons. The molecule has 0 atom stereocenters. The summed E-state index contributed by atoms with van der Waals surface area (Å²) in [5.74, 6) is 0.00314. The first-order valence-electron chi connectivity index (χ1n) is 9.03. The van der Waals surface area contributed by atoms with Crippen LogP contribution < -0.4 is 16.2 Å². The van der Waals surface area contributed by atoms with E-state index in [0.717, 1.165) is 5.69 Å². The third-order valence-electron chi connectivity index (χ3n) is 4.32. The minimum atomic E-state index is -0.301. The van der Waals surface area contributed by atoms with Gasteiger partial charge >= 0.3 is 0 Å². The Morgan fingerprint density at radius 3 is 2.63 bits per heavy atom. The Labute approximate surface area is 180 Å². The van der Waals surface area contributed by atoms with E-state index in [0.29, 0.717) is 39.7 Å². The minimum absolute atomic E-state index is 0.283. The number of amides is 1. The number of carbonyl (C=O) groups excluding carboxylic acids is 1. The zero-order valence-corrected chi connectivity index (χ0v) is 17.0. The van der Waals surface area contributed by atoms with Crippen molar-refractivity contribution in [1.29, 1.82) is 0 Å². The zero-order valence-electron chi connectivity index (χ0n) is 15.5. The molecule has 30 heavy (non-hydrogen) atoms. The quantitative estimate of drug-likeness (QED) is 0.397. The van der Waals surface area contributed by atoms with Crippen molar-refractivity contribution in [2.45, 2.75) is 0 Å². The highest BCUT2D eigenvalue weighted by atomic mass is 35.5. The second-order valence-electron chi connectivity index (χ2n) is 6.36. The molecule has 2 aromatic heterocycles. The van der Waals surface area contributed by atoms with Gasteiger partial charge in [-0.2, -0.15) is 10.1 Å². The molecule has 10 heteroatoms. The Morgan fingerprint density at radius 1 is 1.07 bits per heavy atom. The summed E-state index contributed by atoms with van der Waals surface area (Å²) < 4.78 is 1.60. The van der Waals surface area contributed by atoms with E-state index < -0.39 is 0 Å². The summed E-state index contributed by atoms with van der Waals surface area (Å²) in [6.45, 7) is 0.653. The Morgan fingerprint density at radius 2 is 1.87 bits per heavy atom. The molecule has 3 N–H and O–H groups in total. The maximum absolute atomic E-state index is 12.3. The Hall–Kier alpha value is -3.36. The standard InChI is InChI=1S/C20H16Cl2N6O2/c21-15-7-6-12(10-16(15)22)18(29)23-8-9-24-20-26-17-14(19(30)27-20)11-25-28(17)13-4-2-1-3-5-13/h1-7,10-11H,8-9H2,(H,23,29)(H2,24,26,27,30). The summed E-state index contributed by atoms with van der Waals surface area (Å²) in [5, 5.41) is 11.1. The van der Waals surface area contributed by atoms with Gasteiger partial charge in [0.2, 0.25) is 5.95 Å². The van der Waals surface area contributed by atoms with Gasteiger partial charge in [0.15, 0.2) is 5.65 Å². The number of fused-ring (bicyclic) bond motifs is 1. The number of anilines is 1. The second-order valence-corrected chi connectivity index (χ2v) is 7.17. The highest BCUT2D eigenvalue weighted by Crippen LogP contribution is 2.22. The lowest BCUT2D eigenvalue weighted by molar-refractivity contribution is 0.0955. The highest BCUT2D eigenvalue weighted by Gasteiger charge is 2.12. The molecule has 152 valence electrons. The number of benzene rings is 2. The van der Waals surface area contributed by atoms with Crippen LogP contribution in [0.2, 0.25) is 10.0 Å². The summed E-state index contributed by atoms with van der Waals surface area (Å²) >= 11 is 11.8. The van der Waals surface area contributed by atoms with Crippen LogP contribution in [0.25, 0.3) is 16.7 Å². The SMILES string of the molecule is O=C(NCCNc1nc2c(cnn2-c2ccccc2)c(=O)[nH]1)c1ccc(Cl)c(Cl)c1. The van der Waals surface area contributed by atoms with E-state index in [2.05, 4.69) is 25.7 Å². The number of nitrogens with one attached hydrogen (secondary N) is 3. The highest BCUT2D eigenvalue weighted by molar-refractivity contribution is 6.42. The smallest absolute Gasteiger partial charge is 0.263 e. The number of halogens is 2. The average Bonchev–Trinajstić information content (AvgIpc) is 3.18. The first-order valence-corrected chi connectivity index (χ1v) is 9.79. The molecule has 4 rings (SSSR count). The van der Waals surface area contributed by atoms with E-state index in [4.69, 9.17) is 23.2 Å². The van der Waals surface area contributed by atoms with Crippen LogP contribution in [0.4, 0.5) is 5.95 Å². The monoisotopic (exact) mass is 442 g/mol.